The van der Waals surface area contributed by atoms with Gasteiger partial charge in [0.2, 0.25) is 0 Å². The average Bonchev–Trinajstić information content (AvgIpc) is 1.99. The zero-order valence-corrected chi connectivity index (χ0v) is 11.7. The minimum Gasteiger partial charge on any atom is -0.309 e. The summed E-state index contributed by atoms with van der Waals surface area (Å²) in [5.74, 6) is 2.59. The van der Waals surface area contributed by atoms with E-state index in [2.05, 4.69) is 56.8 Å². The van der Waals surface area contributed by atoms with Gasteiger partial charge in [-0.15, -0.1) is 0 Å². The summed E-state index contributed by atoms with van der Waals surface area (Å²) in [7, 11) is 4.27. The van der Waals surface area contributed by atoms with Gasteiger partial charge in [0, 0.05) is 24.4 Å². The number of thioether (sulfide) groups is 1. The molecule has 0 aromatic rings. The Balaban J connectivity index is 2.31. The lowest BCUT2D eigenvalue weighted by atomic mass is 9.87. The smallest absolute Gasteiger partial charge is 0.0169 e. The van der Waals surface area contributed by atoms with E-state index < -0.39 is 0 Å². The van der Waals surface area contributed by atoms with Crippen LogP contribution >= 0.6 is 11.8 Å². The molecule has 90 valence electrons. The molecule has 0 aromatic carbocycles. The predicted molar refractivity (Wildman–Crippen MR) is 70.7 cm³/mol. The number of hydrogen-bond donors (Lipinski definition) is 1. The van der Waals surface area contributed by atoms with Crippen molar-refractivity contribution in [3.05, 3.63) is 0 Å². The minimum atomic E-state index is 0.512. The normalized spacial score (nSPS) is 28.0. The van der Waals surface area contributed by atoms with Crippen molar-refractivity contribution in [1.82, 2.24) is 10.2 Å². The number of likely N-dealkylation sites (N-methyl/N-ethyl adjacent to an activating group) is 1. The Hall–Kier alpha value is 0.270. The van der Waals surface area contributed by atoms with Gasteiger partial charge in [-0.3, -0.25) is 0 Å². The highest BCUT2D eigenvalue weighted by Gasteiger charge is 2.28. The maximum Gasteiger partial charge on any atom is 0.0169 e. The fraction of sp³-hybridized carbons (Fsp3) is 1.00. The van der Waals surface area contributed by atoms with Gasteiger partial charge in [-0.05, 0) is 38.6 Å². The van der Waals surface area contributed by atoms with Crippen LogP contribution in [0.5, 0.6) is 0 Å². The Morgan fingerprint density at radius 1 is 1.47 bits per heavy atom. The Morgan fingerprint density at radius 2 is 2.13 bits per heavy atom. The van der Waals surface area contributed by atoms with E-state index in [4.69, 9.17) is 0 Å². The molecule has 2 atom stereocenters. The summed E-state index contributed by atoms with van der Waals surface area (Å²) in [6.07, 6.45) is 1.32. The van der Waals surface area contributed by atoms with Crippen molar-refractivity contribution < 1.29 is 0 Å². The molecule has 0 spiro atoms. The SMILES string of the molecule is CC(CN(C)C)NC1CSCC(C)(C)C1. The molecule has 1 heterocycles. The van der Waals surface area contributed by atoms with Gasteiger partial charge in [0.25, 0.3) is 0 Å². The van der Waals surface area contributed by atoms with Crippen molar-refractivity contribution in [3.63, 3.8) is 0 Å². The molecule has 1 rings (SSSR count). The summed E-state index contributed by atoms with van der Waals surface area (Å²) in [6.45, 7) is 8.17. The van der Waals surface area contributed by atoms with Gasteiger partial charge in [0.15, 0.2) is 0 Å². The third-order valence-corrected chi connectivity index (χ3v) is 4.39. The van der Waals surface area contributed by atoms with Gasteiger partial charge < -0.3 is 10.2 Å². The first-order valence-corrected chi connectivity index (χ1v) is 7.03. The Morgan fingerprint density at radius 3 is 2.67 bits per heavy atom. The lowest BCUT2D eigenvalue weighted by Crippen LogP contribution is -2.47. The van der Waals surface area contributed by atoms with E-state index in [-0.39, 0.29) is 0 Å². The maximum absolute atomic E-state index is 3.74. The van der Waals surface area contributed by atoms with Crippen LogP contribution in [0.2, 0.25) is 0 Å². The van der Waals surface area contributed by atoms with Crippen LogP contribution < -0.4 is 5.32 Å². The lowest BCUT2D eigenvalue weighted by molar-refractivity contribution is 0.278. The second-order valence-electron chi connectivity index (χ2n) is 5.91. The van der Waals surface area contributed by atoms with E-state index in [1.165, 1.54) is 17.9 Å². The van der Waals surface area contributed by atoms with Crippen LogP contribution in [0, 0.1) is 5.41 Å². The molecule has 3 heteroatoms. The van der Waals surface area contributed by atoms with Crippen molar-refractivity contribution in [3.8, 4) is 0 Å². The van der Waals surface area contributed by atoms with Crippen LogP contribution in [0.4, 0.5) is 0 Å². The Labute approximate surface area is 99.2 Å². The molecule has 0 amide bonds. The highest BCUT2D eigenvalue weighted by Crippen LogP contribution is 2.33. The van der Waals surface area contributed by atoms with E-state index >= 15 is 0 Å². The molecule has 1 fully saturated rings. The number of nitrogens with one attached hydrogen (secondary N) is 1. The third-order valence-electron chi connectivity index (χ3n) is 2.77. The number of nitrogens with zero attached hydrogens (tertiary/aromatic N) is 1. The van der Waals surface area contributed by atoms with Crippen molar-refractivity contribution in [2.45, 2.75) is 39.3 Å². The van der Waals surface area contributed by atoms with E-state index in [9.17, 15) is 0 Å². The van der Waals surface area contributed by atoms with Crippen LogP contribution in [0.25, 0.3) is 0 Å². The fourth-order valence-electron chi connectivity index (χ4n) is 2.37. The molecule has 1 saturated heterocycles. The van der Waals surface area contributed by atoms with Gasteiger partial charge in [-0.2, -0.15) is 11.8 Å². The van der Waals surface area contributed by atoms with Gasteiger partial charge in [-0.25, -0.2) is 0 Å². The molecule has 0 bridgehead atoms. The topological polar surface area (TPSA) is 15.3 Å². The molecule has 0 aliphatic carbocycles. The second kappa shape index (κ2) is 5.55. The zero-order valence-electron chi connectivity index (χ0n) is 10.8. The van der Waals surface area contributed by atoms with Crippen molar-refractivity contribution in [1.29, 1.82) is 0 Å². The number of rotatable bonds is 4. The standard InChI is InChI=1S/C12H26N2S/c1-10(7-14(4)5)13-11-6-12(2,3)9-15-8-11/h10-11,13H,6-9H2,1-5H3. The quantitative estimate of drug-likeness (QED) is 0.796. The molecule has 2 nitrogen and oxygen atoms in total. The summed E-state index contributed by atoms with van der Waals surface area (Å²) < 4.78 is 0. The molecule has 1 aliphatic heterocycles. The zero-order chi connectivity index (χ0) is 11.5. The summed E-state index contributed by atoms with van der Waals surface area (Å²) in [5, 5.41) is 3.74. The first-order valence-electron chi connectivity index (χ1n) is 5.87. The van der Waals surface area contributed by atoms with Crippen molar-refractivity contribution in [2.24, 2.45) is 5.41 Å². The highest BCUT2D eigenvalue weighted by molar-refractivity contribution is 7.99. The third kappa shape index (κ3) is 5.23. The van der Waals surface area contributed by atoms with Crippen LogP contribution in [0.3, 0.4) is 0 Å². The largest absolute Gasteiger partial charge is 0.309 e. The van der Waals surface area contributed by atoms with Gasteiger partial charge in [0.1, 0.15) is 0 Å². The van der Waals surface area contributed by atoms with Crippen LogP contribution in [0.1, 0.15) is 27.2 Å². The van der Waals surface area contributed by atoms with Crippen LogP contribution in [0.15, 0.2) is 0 Å². The second-order valence-corrected chi connectivity index (χ2v) is 6.94. The number of hydrogen-bond acceptors (Lipinski definition) is 3. The first-order chi connectivity index (χ1) is 6.89. The van der Waals surface area contributed by atoms with Crippen molar-refractivity contribution in [2.75, 3.05) is 32.1 Å². The predicted octanol–water partition coefficient (Wildman–Crippen LogP) is 2.06. The first kappa shape index (κ1) is 13.3. The molecule has 15 heavy (non-hydrogen) atoms. The molecule has 2 unspecified atom stereocenters. The molecular weight excluding hydrogens is 204 g/mol. The average molecular weight is 230 g/mol. The van der Waals surface area contributed by atoms with Crippen LogP contribution in [-0.4, -0.2) is 49.1 Å². The van der Waals surface area contributed by atoms with E-state index in [0.29, 0.717) is 17.5 Å². The minimum absolute atomic E-state index is 0.512. The van der Waals surface area contributed by atoms with Crippen LogP contribution in [-0.2, 0) is 0 Å². The summed E-state index contributed by atoms with van der Waals surface area (Å²) in [4.78, 5) is 2.25. The van der Waals surface area contributed by atoms with E-state index in [0.717, 1.165) is 6.54 Å². The molecule has 0 saturated carbocycles. The van der Waals surface area contributed by atoms with E-state index in [1.807, 2.05) is 0 Å². The molecule has 1 N–H and O–H groups in total. The molecule has 0 radical (unpaired) electrons. The Kier molecular flexibility index (Phi) is 4.94. The monoisotopic (exact) mass is 230 g/mol. The Bertz CT molecular complexity index is 192. The summed E-state index contributed by atoms with van der Waals surface area (Å²) >= 11 is 2.09. The van der Waals surface area contributed by atoms with Crippen molar-refractivity contribution >= 4 is 11.8 Å². The maximum atomic E-state index is 3.74. The van der Waals surface area contributed by atoms with Gasteiger partial charge in [0.05, 0.1) is 0 Å². The highest BCUT2D eigenvalue weighted by atomic mass is 32.2. The van der Waals surface area contributed by atoms with E-state index in [1.54, 1.807) is 0 Å². The summed E-state index contributed by atoms with van der Waals surface area (Å²) in [5.41, 5.74) is 0.512. The van der Waals surface area contributed by atoms with Gasteiger partial charge in [-0.1, -0.05) is 13.8 Å². The summed E-state index contributed by atoms with van der Waals surface area (Å²) in [6, 6.07) is 1.30. The molecule has 1 aliphatic rings. The molecular formula is C12H26N2S. The lowest BCUT2D eigenvalue weighted by Gasteiger charge is -2.37. The fourth-order valence-corrected chi connectivity index (χ4v) is 3.66. The van der Waals surface area contributed by atoms with Gasteiger partial charge >= 0.3 is 0 Å². The molecule has 0 aromatic heterocycles.